The zero-order chi connectivity index (χ0) is 18.0. The van der Waals surface area contributed by atoms with Crippen molar-refractivity contribution in [3.05, 3.63) is 11.6 Å². The topological polar surface area (TPSA) is 71.3 Å². The summed E-state index contributed by atoms with van der Waals surface area (Å²) in [4.78, 5) is 28.6. The van der Waals surface area contributed by atoms with E-state index in [1.807, 2.05) is 11.8 Å². The lowest BCUT2D eigenvalue weighted by Gasteiger charge is -2.36. The largest absolute Gasteiger partial charge is 0.333 e. The summed E-state index contributed by atoms with van der Waals surface area (Å²) < 4.78 is 2.18. The zero-order valence-electron chi connectivity index (χ0n) is 15.6. The Morgan fingerprint density at radius 3 is 2.80 bits per heavy atom. The van der Waals surface area contributed by atoms with Crippen molar-refractivity contribution in [1.82, 2.24) is 24.6 Å². The van der Waals surface area contributed by atoms with Crippen molar-refractivity contribution >= 4 is 11.8 Å². The Morgan fingerprint density at radius 2 is 2.04 bits per heavy atom. The first-order chi connectivity index (χ1) is 12.0. The number of nitrogens with zero attached hydrogens (tertiary/aromatic N) is 5. The van der Waals surface area contributed by atoms with E-state index in [4.69, 9.17) is 0 Å². The number of aryl methyl sites for hydroxylation is 1. The van der Waals surface area contributed by atoms with E-state index < -0.39 is 0 Å². The van der Waals surface area contributed by atoms with E-state index >= 15 is 0 Å². The maximum absolute atomic E-state index is 12.8. The number of fused-ring (bicyclic) bond motifs is 1. The zero-order valence-corrected chi connectivity index (χ0v) is 15.6. The summed E-state index contributed by atoms with van der Waals surface area (Å²) in [5, 5.41) is 8.46. The Hall–Kier alpha value is -1.92. The normalized spacial score (nSPS) is 21.4. The molecule has 0 aromatic carbocycles. The minimum atomic E-state index is 0.0240. The Morgan fingerprint density at radius 1 is 1.24 bits per heavy atom. The standard InChI is InChI=1S/C18H29N5O2/c1-13(2)9-15-10-22(11-16-20-19-14(3)23(15)16)18(25)12-21-8-6-4-5-7-17(21)24/h13,15H,4-12H2,1-3H3/t15-/m0/s1. The Balaban J connectivity index is 1.72. The molecule has 3 heterocycles. The van der Waals surface area contributed by atoms with Crippen LogP contribution in [0.5, 0.6) is 0 Å². The van der Waals surface area contributed by atoms with Gasteiger partial charge in [0.15, 0.2) is 5.82 Å². The van der Waals surface area contributed by atoms with Crippen LogP contribution in [0.1, 0.15) is 63.6 Å². The number of rotatable bonds is 4. The molecular formula is C18H29N5O2. The first-order valence-electron chi connectivity index (χ1n) is 9.41. The molecule has 7 nitrogen and oxygen atoms in total. The molecule has 2 aliphatic rings. The van der Waals surface area contributed by atoms with Crippen molar-refractivity contribution in [2.75, 3.05) is 19.6 Å². The number of carbonyl (C=O) groups is 2. The summed E-state index contributed by atoms with van der Waals surface area (Å²) in [5.74, 6) is 2.43. The Labute approximate surface area is 149 Å². The average molecular weight is 347 g/mol. The summed E-state index contributed by atoms with van der Waals surface area (Å²) in [6.45, 7) is 8.40. The second kappa shape index (κ2) is 7.54. The first-order valence-corrected chi connectivity index (χ1v) is 9.41. The second-order valence-corrected chi connectivity index (χ2v) is 7.72. The van der Waals surface area contributed by atoms with Gasteiger partial charge in [-0.15, -0.1) is 10.2 Å². The van der Waals surface area contributed by atoms with Crippen LogP contribution < -0.4 is 0 Å². The molecule has 2 amide bonds. The Kier molecular flexibility index (Phi) is 5.39. The summed E-state index contributed by atoms with van der Waals surface area (Å²) in [7, 11) is 0. The maximum Gasteiger partial charge on any atom is 0.242 e. The molecule has 1 aromatic rings. The van der Waals surface area contributed by atoms with Crippen LogP contribution in [0.15, 0.2) is 0 Å². The van der Waals surface area contributed by atoms with Gasteiger partial charge in [0.2, 0.25) is 11.8 Å². The highest BCUT2D eigenvalue weighted by molar-refractivity contribution is 5.85. The van der Waals surface area contributed by atoms with Crippen LogP contribution in [0.4, 0.5) is 0 Å². The molecule has 1 fully saturated rings. The highest BCUT2D eigenvalue weighted by atomic mass is 16.2. The SMILES string of the molecule is Cc1nnc2n1[C@@H](CC(C)C)CN(C(=O)CN1CCCCCC1=O)C2. The van der Waals surface area contributed by atoms with Gasteiger partial charge in [-0.2, -0.15) is 0 Å². The molecule has 138 valence electrons. The van der Waals surface area contributed by atoms with Gasteiger partial charge in [-0.25, -0.2) is 0 Å². The molecule has 1 saturated heterocycles. The predicted octanol–water partition coefficient (Wildman–Crippen LogP) is 1.92. The van der Waals surface area contributed by atoms with E-state index in [1.54, 1.807) is 4.90 Å². The van der Waals surface area contributed by atoms with Crippen LogP contribution in [-0.2, 0) is 16.1 Å². The van der Waals surface area contributed by atoms with Crippen molar-refractivity contribution in [3.8, 4) is 0 Å². The van der Waals surface area contributed by atoms with E-state index in [0.29, 0.717) is 32.0 Å². The van der Waals surface area contributed by atoms with Gasteiger partial charge in [0.05, 0.1) is 19.1 Å². The van der Waals surface area contributed by atoms with Crippen molar-refractivity contribution in [2.24, 2.45) is 5.92 Å². The number of amides is 2. The van der Waals surface area contributed by atoms with E-state index in [9.17, 15) is 9.59 Å². The number of aromatic nitrogens is 3. The van der Waals surface area contributed by atoms with Gasteiger partial charge in [-0.1, -0.05) is 20.3 Å². The van der Waals surface area contributed by atoms with Crippen LogP contribution in [0.2, 0.25) is 0 Å². The van der Waals surface area contributed by atoms with Gasteiger partial charge in [0.25, 0.3) is 0 Å². The first kappa shape index (κ1) is 17.9. The number of carbonyl (C=O) groups excluding carboxylic acids is 2. The third kappa shape index (κ3) is 4.02. The van der Waals surface area contributed by atoms with E-state index in [0.717, 1.165) is 37.3 Å². The quantitative estimate of drug-likeness (QED) is 0.834. The summed E-state index contributed by atoms with van der Waals surface area (Å²) in [6, 6.07) is 0.211. The lowest BCUT2D eigenvalue weighted by atomic mass is 10.0. The predicted molar refractivity (Wildman–Crippen MR) is 93.7 cm³/mol. The molecule has 7 heteroatoms. The molecule has 2 aliphatic heterocycles. The van der Waals surface area contributed by atoms with Crippen LogP contribution >= 0.6 is 0 Å². The molecule has 0 unspecified atom stereocenters. The van der Waals surface area contributed by atoms with Gasteiger partial charge in [0, 0.05) is 19.5 Å². The molecule has 1 aromatic heterocycles. The molecule has 0 bridgehead atoms. The molecule has 0 N–H and O–H groups in total. The fraction of sp³-hybridized carbons (Fsp3) is 0.778. The molecule has 0 aliphatic carbocycles. The third-order valence-electron chi connectivity index (χ3n) is 5.16. The van der Waals surface area contributed by atoms with Crippen molar-refractivity contribution < 1.29 is 9.59 Å². The third-order valence-corrected chi connectivity index (χ3v) is 5.16. The van der Waals surface area contributed by atoms with Crippen molar-refractivity contribution in [2.45, 2.75) is 65.5 Å². The van der Waals surface area contributed by atoms with Crippen molar-refractivity contribution in [1.29, 1.82) is 0 Å². The smallest absolute Gasteiger partial charge is 0.242 e. The van der Waals surface area contributed by atoms with Crippen LogP contribution in [-0.4, -0.2) is 56.0 Å². The van der Waals surface area contributed by atoms with E-state index in [-0.39, 0.29) is 24.4 Å². The van der Waals surface area contributed by atoms with E-state index in [2.05, 4.69) is 28.6 Å². The van der Waals surface area contributed by atoms with E-state index in [1.165, 1.54) is 0 Å². The van der Waals surface area contributed by atoms with Crippen LogP contribution in [0.25, 0.3) is 0 Å². The molecule has 0 saturated carbocycles. The molecule has 1 atom stereocenters. The lowest BCUT2D eigenvalue weighted by Crippen LogP contribution is -2.47. The van der Waals surface area contributed by atoms with Gasteiger partial charge < -0.3 is 14.4 Å². The number of hydrogen-bond donors (Lipinski definition) is 0. The highest BCUT2D eigenvalue weighted by Crippen LogP contribution is 2.27. The fourth-order valence-electron chi connectivity index (χ4n) is 3.95. The monoisotopic (exact) mass is 347 g/mol. The molecule has 0 radical (unpaired) electrons. The summed E-state index contributed by atoms with van der Waals surface area (Å²) in [6.07, 6.45) is 4.54. The van der Waals surface area contributed by atoms with Crippen LogP contribution in [0.3, 0.4) is 0 Å². The highest BCUT2D eigenvalue weighted by Gasteiger charge is 2.32. The fourth-order valence-corrected chi connectivity index (χ4v) is 3.95. The molecule has 25 heavy (non-hydrogen) atoms. The minimum absolute atomic E-state index is 0.0240. The molecule has 0 spiro atoms. The molecular weight excluding hydrogens is 318 g/mol. The molecule has 3 rings (SSSR count). The van der Waals surface area contributed by atoms with Gasteiger partial charge in [0.1, 0.15) is 5.82 Å². The average Bonchev–Trinajstić information content (AvgIpc) is 2.81. The lowest BCUT2D eigenvalue weighted by molar-refractivity contribution is -0.141. The summed E-state index contributed by atoms with van der Waals surface area (Å²) >= 11 is 0. The minimum Gasteiger partial charge on any atom is -0.333 e. The van der Waals surface area contributed by atoms with Gasteiger partial charge in [-0.3, -0.25) is 9.59 Å². The summed E-state index contributed by atoms with van der Waals surface area (Å²) in [5.41, 5.74) is 0. The van der Waals surface area contributed by atoms with Crippen molar-refractivity contribution in [3.63, 3.8) is 0 Å². The second-order valence-electron chi connectivity index (χ2n) is 7.72. The Bertz CT molecular complexity index is 639. The maximum atomic E-state index is 12.8. The van der Waals surface area contributed by atoms with Crippen LogP contribution in [0, 0.1) is 12.8 Å². The van der Waals surface area contributed by atoms with Gasteiger partial charge >= 0.3 is 0 Å². The number of likely N-dealkylation sites (tertiary alicyclic amines) is 1. The van der Waals surface area contributed by atoms with Gasteiger partial charge in [-0.05, 0) is 32.1 Å². The number of hydrogen-bond acceptors (Lipinski definition) is 4.